The molecule has 0 saturated heterocycles. The van der Waals surface area contributed by atoms with Gasteiger partial charge in [-0.1, -0.05) is 11.6 Å². The minimum Gasteiger partial charge on any atom is -0.477 e. The van der Waals surface area contributed by atoms with Crippen LogP contribution in [0.2, 0.25) is 5.02 Å². The Bertz CT molecular complexity index is 613. The van der Waals surface area contributed by atoms with Crippen LogP contribution in [0.5, 0.6) is 0 Å². The Morgan fingerprint density at radius 3 is 2.93 bits per heavy atom. The number of aromatic amines is 1. The third-order valence-corrected chi connectivity index (χ3v) is 2.40. The quantitative estimate of drug-likeness (QED) is 0.750. The second-order valence-electron chi connectivity index (χ2n) is 2.99. The number of carbonyl (C=O) groups is 1. The van der Waals surface area contributed by atoms with Crippen LogP contribution in [0.4, 0.5) is 0 Å². The molecular weight excluding hydrogens is 222 g/mol. The Kier molecular flexibility index (Phi) is 2.01. The van der Waals surface area contributed by atoms with Crippen LogP contribution < -0.4 is 5.56 Å². The molecule has 0 bridgehead atoms. The highest BCUT2D eigenvalue weighted by molar-refractivity contribution is 6.34. The van der Waals surface area contributed by atoms with E-state index in [1.54, 1.807) is 6.92 Å². The summed E-state index contributed by atoms with van der Waals surface area (Å²) in [6, 6.07) is 0.932. The highest BCUT2D eigenvalue weighted by Crippen LogP contribution is 2.17. The lowest BCUT2D eigenvalue weighted by molar-refractivity contribution is 0.0690. The van der Waals surface area contributed by atoms with Crippen molar-refractivity contribution in [2.75, 3.05) is 0 Å². The van der Waals surface area contributed by atoms with Gasteiger partial charge >= 0.3 is 5.97 Å². The van der Waals surface area contributed by atoms with E-state index >= 15 is 0 Å². The fraction of sp³-hybridized carbons (Fsp3) is 0.125. The van der Waals surface area contributed by atoms with Crippen LogP contribution in [0.1, 0.15) is 16.2 Å². The third kappa shape index (κ3) is 1.39. The number of fused-ring (bicyclic) bond motifs is 1. The molecule has 0 atom stereocenters. The van der Waals surface area contributed by atoms with E-state index in [4.69, 9.17) is 16.7 Å². The van der Waals surface area contributed by atoms with Crippen LogP contribution >= 0.6 is 11.6 Å². The van der Waals surface area contributed by atoms with E-state index in [-0.39, 0.29) is 16.4 Å². The molecule has 2 N–H and O–H groups in total. The molecule has 2 heterocycles. The zero-order valence-corrected chi connectivity index (χ0v) is 8.37. The van der Waals surface area contributed by atoms with Crippen molar-refractivity contribution in [1.82, 2.24) is 14.6 Å². The van der Waals surface area contributed by atoms with E-state index in [2.05, 4.69) is 10.1 Å². The average molecular weight is 228 g/mol. The van der Waals surface area contributed by atoms with Gasteiger partial charge in [0.2, 0.25) is 0 Å². The van der Waals surface area contributed by atoms with Crippen molar-refractivity contribution in [2.45, 2.75) is 6.92 Å². The van der Waals surface area contributed by atoms with Gasteiger partial charge in [0.1, 0.15) is 5.02 Å². The summed E-state index contributed by atoms with van der Waals surface area (Å²) in [5.74, 6) is -1.26. The van der Waals surface area contributed by atoms with Crippen LogP contribution in [0.3, 0.4) is 0 Å². The second kappa shape index (κ2) is 3.09. The van der Waals surface area contributed by atoms with E-state index in [0.29, 0.717) is 5.69 Å². The summed E-state index contributed by atoms with van der Waals surface area (Å²) in [6.45, 7) is 1.66. The lowest BCUT2D eigenvalue weighted by atomic mass is 10.4. The summed E-state index contributed by atoms with van der Waals surface area (Å²) in [5.41, 5.74) is -0.142. The number of carboxylic acids is 1. The van der Waals surface area contributed by atoms with Gasteiger partial charge in [0.25, 0.3) is 5.56 Å². The van der Waals surface area contributed by atoms with Gasteiger partial charge in [-0.2, -0.15) is 4.52 Å². The molecule has 0 aliphatic rings. The average Bonchev–Trinajstić information content (AvgIpc) is 2.45. The minimum absolute atomic E-state index is 0.124. The highest BCUT2D eigenvalue weighted by Gasteiger charge is 2.13. The smallest absolute Gasteiger partial charge is 0.354 e. The van der Waals surface area contributed by atoms with Crippen LogP contribution in [0.15, 0.2) is 10.9 Å². The van der Waals surface area contributed by atoms with E-state index in [1.165, 1.54) is 0 Å². The number of hydrogen-bond acceptors (Lipinski definition) is 3. The number of hydrogen-bond donors (Lipinski definition) is 2. The van der Waals surface area contributed by atoms with Crippen molar-refractivity contribution in [2.24, 2.45) is 0 Å². The van der Waals surface area contributed by atoms with Crippen molar-refractivity contribution in [3.8, 4) is 0 Å². The summed E-state index contributed by atoms with van der Waals surface area (Å²) >= 11 is 5.84. The van der Waals surface area contributed by atoms with Gasteiger partial charge in [-0.05, 0) is 6.92 Å². The van der Waals surface area contributed by atoms with Crippen LogP contribution in [-0.4, -0.2) is 25.7 Å². The first-order valence-corrected chi connectivity index (χ1v) is 4.39. The van der Waals surface area contributed by atoms with E-state index in [9.17, 15) is 9.59 Å². The highest BCUT2D eigenvalue weighted by atomic mass is 35.5. The molecule has 15 heavy (non-hydrogen) atoms. The zero-order chi connectivity index (χ0) is 11.2. The number of rotatable bonds is 1. The van der Waals surface area contributed by atoms with Crippen molar-refractivity contribution >= 4 is 23.2 Å². The van der Waals surface area contributed by atoms with Gasteiger partial charge in [-0.15, -0.1) is 0 Å². The lowest BCUT2D eigenvalue weighted by Gasteiger charge is -1.94. The lowest BCUT2D eigenvalue weighted by Crippen LogP contribution is -2.17. The van der Waals surface area contributed by atoms with Crippen molar-refractivity contribution in [1.29, 1.82) is 0 Å². The topological polar surface area (TPSA) is 87.5 Å². The molecule has 0 saturated carbocycles. The Balaban J connectivity index is 2.92. The number of aromatic nitrogens is 3. The summed E-state index contributed by atoms with van der Waals surface area (Å²) in [7, 11) is 0. The van der Waals surface area contributed by atoms with Crippen molar-refractivity contribution in [3.63, 3.8) is 0 Å². The molecule has 7 heteroatoms. The van der Waals surface area contributed by atoms with Gasteiger partial charge in [0.15, 0.2) is 11.3 Å². The molecular formula is C8H6ClN3O3. The Morgan fingerprint density at radius 2 is 2.33 bits per heavy atom. The number of carboxylic acid groups (broad SMARTS) is 1. The fourth-order valence-corrected chi connectivity index (χ4v) is 1.40. The second-order valence-corrected chi connectivity index (χ2v) is 3.37. The first-order valence-electron chi connectivity index (χ1n) is 4.02. The van der Waals surface area contributed by atoms with E-state index in [0.717, 1.165) is 10.6 Å². The number of aryl methyl sites for hydroxylation is 1. The molecule has 2 rings (SSSR count). The monoisotopic (exact) mass is 227 g/mol. The van der Waals surface area contributed by atoms with Crippen LogP contribution in [0.25, 0.3) is 5.65 Å². The number of nitrogens with zero attached hydrogens (tertiary/aromatic N) is 2. The Hall–Kier alpha value is -1.82. The molecule has 2 aromatic rings. The minimum atomic E-state index is -1.26. The number of H-pyrrole nitrogens is 1. The van der Waals surface area contributed by atoms with Crippen LogP contribution in [-0.2, 0) is 0 Å². The summed E-state index contributed by atoms with van der Waals surface area (Å²) in [6.07, 6.45) is 0. The molecule has 0 amide bonds. The number of halogens is 1. The Morgan fingerprint density at radius 1 is 1.67 bits per heavy atom. The number of aromatic carboxylic acids is 1. The maximum atomic E-state index is 11.4. The molecule has 0 fully saturated rings. The van der Waals surface area contributed by atoms with Crippen molar-refractivity contribution in [3.05, 3.63) is 32.8 Å². The third-order valence-electron chi connectivity index (χ3n) is 1.94. The molecule has 2 aromatic heterocycles. The molecule has 6 nitrogen and oxygen atoms in total. The summed E-state index contributed by atoms with van der Waals surface area (Å²) in [5, 5.41) is 11.6. The van der Waals surface area contributed by atoms with E-state index in [1.807, 2.05) is 0 Å². The van der Waals surface area contributed by atoms with Gasteiger partial charge in [0, 0.05) is 6.07 Å². The predicted octanol–water partition coefficient (Wildman–Crippen LogP) is 0.683. The summed E-state index contributed by atoms with van der Waals surface area (Å²) < 4.78 is 1.10. The first-order chi connectivity index (χ1) is 7.00. The SMILES string of the molecule is Cc1[nH]n2c(=O)cc(C(=O)O)nc2c1Cl. The predicted molar refractivity (Wildman–Crippen MR) is 52.5 cm³/mol. The molecule has 0 aliphatic carbocycles. The fourth-order valence-electron chi connectivity index (χ4n) is 1.23. The molecule has 0 radical (unpaired) electrons. The molecule has 78 valence electrons. The van der Waals surface area contributed by atoms with Gasteiger partial charge in [0.05, 0.1) is 5.69 Å². The molecule has 0 unspecified atom stereocenters. The summed E-state index contributed by atoms with van der Waals surface area (Å²) in [4.78, 5) is 25.8. The maximum absolute atomic E-state index is 11.4. The number of nitrogens with one attached hydrogen (secondary N) is 1. The normalized spacial score (nSPS) is 10.8. The molecule has 0 spiro atoms. The van der Waals surface area contributed by atoms with Gasteiger partial charge in [-0.3, -0.25) is 9.89 Å². The van der Waals surface area contributed by atoms with Gasteiger partial charge < -0.3 is 5.11 Å². The van der Waals surface area contributed by atoms with Gasteiger partial charge in [-0.25, -0.2) is 9.78 Å². The molecule has 0 aromatic carbocycles. The molecule has 0 aliphatic heterocycles. The maximum Gasteiger partial charge on any atom is 0.354 e. The van der Waals surface area contributed by atoms with E-state index < -0.39 is 11.5 Å². The zero-order valence-electron chi connectivity index (χ0n) is 7.61. The largest absolute Gasteiger partial charge is 0.477 e. The van der Waals surface area contributed by atoms with Crippen molar-refractivity contribution < 1.29 is 9.90 Å². The standard InChI is InChI=1S/C8H6ClN3O3/c1-3-6(9)7-10-4(8(14)15)2-5(13)12(7)11-3/h2,11H,1H3,(H,14,15). The first kappa shape index (κ1) is 9.72. The Labute approximate surface area is 88.1 Å². The van der Waals surface area contributed by atoms with Crippen LogP contribution in [0, 0.1) is 6.92 Å².